The molecule has 0 unspecified atom stereocenters. The normalized spacial score (nSPS) is 13.6. The summed E-state index contributed by atoms with van der Waals surface area (Å²) in [5, 5.41) is 3.28. The number of aromatic nitrogens is 1. The fourth-order valence-corrected chi connectivity index (χ4v) is 2.34. The smallest absolute Gasteiger partial charge is 0.276 e. The van der Waals surface area contributed by atoms with Crippen LogP contribution in [0.4, 0.5) is 5.69 Å². The zero-order valence-corrected chi connectivity index (χ0v) is 13.0. The first-order valence-electron chi connectivity index (χ1n) is 7.97. The summed E-state index contributed by atoms with van der Waals surface area (Å²) in [5.41, 5.74) is 5.00. The number of anilines is 1. The molecule has 1 fully saturated rings. The molecule has 5 heteroatoms. The first kappa shape index (κ1) is 15.5. The van der Waals surface area contributed by atoms with Gasteiger partial charge in [-0.2, -0.15) is 0 Å². The van der Waals surface area contributed by atoms with E-state index >= 15 is 0 Å². The molecule has 0 bridgehead atoms. The lowest BCUT2D eigenvalue weighted by Crippen LogP contribution is -2.25. The minimum Gasteiger partial charge on any atom is -0.380 e. The van der Waals surface area contributed by atoms with Crippen LogP contribution in [0.25, 0.3) is 0 Å². The molecule has 1 amide bonds. The number of hydrogen-bond acceptors (Lipinski definition) is 4. The second kappa shape index (κ2) is 7.74. The van der Waals surface area contributed by atoms with Crippen LogP contribution >= 0.6 is 0 Å². The number of nitrogens with zero attached hydrogens (tertiary/aromatic N) is 1. The van der Waals surface area contributed by atoms with Crippen molar-refractivity contribution >= 4 is 11.6 Å². The van der Waals surface area contributed by atoms with Gasteiger partial charge in [-0.3, -0.25) is 14.6 Å². The molecule has 0 spiro atoms. The average Bonchev–Trinajstić information content (AvgIpc) is 3.42. The highest BCUT2D eigenvalue weighted by Crippen LogP contribution is 2.31. The van der Waals surface area contributed by atoms with Gasteiger partial charge in [-0.1, -0.05) is 25.0 Å². The van der Waals surface area contributed by atoms with Gasteiger partial charge in [-0.25, -0.2) is 5.48 Å². The third-order valence-electron chi connectivity index (χ3n) is 3.89. The van der Waals surface area contributed by atoms with Gasteiger partial charge in [0.25, 0.3) is 5.91 Å². The maximum Gasteiger partial charge on any atom is 0.276 e. The van der Waals surface area contributed by atoms with Gasteiger partial charge in [0.2, 0.25) is 0 Å². The number of pyridine rings is 1. The van der Waals surface area contributed by atoms with Crippen molar-refractivity contribution in [1.29, 1.82) is 0 Å². The molecule has 23 heavy (non-hydrogen) atoms. The van der Waals surface area contributed by atoms with Crippen molar-refractivity contribution in [3.05, 3.63) is 59.9 Å². The van der Waals surface area contributed by atoms with E-state index in [4.69, 9.17) is 4.84 Å². The molecule has 2 N–H and O–H groups in total. The van der Waals surface area contributed by atoms with Gasteiger partial charge in [0.1, 0.15) is 0 Å². The van der Waals surface area contributed by atoms with Crippen molar-refractivity contribution in [3.8, 4) is 0 Å². The molecule has 0 saturated heterocycles. The van der Waals surface area contributed by atoms with Crippen LogP contribution in [0, 0.1) is 5.92 Å². The largest absolute Gasteiger partial charge is 0.380 e. The monoisotopic (exact) mass is 311 g/mol. The number of amides is 1. The Morgan fingerprint density at radius 1 is 1.17 bits per heavy atom. The average molecular weight is 311 g/mol. The van der Waals surface area contributed by atoms with Gasteiger partial charge in [0.05, 0.1) is 12.2 Å². The van der Waals surface area contributed by atoms with E-state index in [1.54, 1.807) is 18.5 Å². The lowest BCUT2D eigenvalue weighted by molar-refractivity contribution is 0.0291. The van der Waals surface area contributed by atoms with E-state index in [-0.39, 0.29) is 5.91 Å². The van der Waals surface area contributed by atoms with E-state index in [1.165, 1.54) is 12.8 Å². The molecule has 1 aliphatic rings. The van der Waals surface area contributed by atoms with Gasteiger partial charge < -0.3 is 5.32 Å². The predicted octanol–water partition coefficient (Wildman–Crippen LogP) is 3.16. The number of carbonyl (C=O) groups excluding carboxylic acids is 1. The lowest BCUT2D eigenvalue weighted by Gasteiger charge is -2.12. The van der Waals surface area contributed by atoms with Crippen molar-refractivity contribution in [3.63, 3.8) is 0 Å². The summed E-state index contributed by atoms with van der Waals surface area (Å²) in [6.07, 6.45) is 7.10. The highest BCUT2D eigenvalue weighted by Gasteiger charge is 2.20. The van der Waals surface area contributed by atoms with Gasteiger partial charge in [-0.05, 0) is 42.2 Å². The molecule has 1 heterocycles. The third-order valence-corrected chi connectivity index (χ3v) is 3.89. The Morgan fingerprint density at radius 3 is 2.74 bits per heavy atom. The van der Waals surface area contributed by atoms with Crippen molar-refractivity contribution in [2.24, 2.45) is 5.92 Å². The van der Waals surface area contributed by atoms with Crippen LogP contribution in [0.15, 0.2) is 48.8 Å². The van der Waals surface area contributed by atoms with Gasteiger partial charge in [0.15, 0.2) is 0 Å². The molecule has 120 valence electrons. The first-order valence-corrected chi connectivity index (χ1v) is 7.97. The van der Waals surface area contributed by atoms with Crippen LogP contribution in [-0.2, 0) is 11.4 Å². The van der Waals surface area contributed by atoms with Crippen molar-refractivity contribution in [2.75, 3.05) is 11.9 Å². The number of hydrogen-bond donors (Lipinski definition) is 2. The number of para-hydroxylation sites is 1. The Hall–Kier alpha value is -2.40. The first-order chi connectivity index (χ1) is 11.3. The van der Waals surface area contributed by atoms with E-state index in [2.05, 4.69) is 15.8 Å². The van der Waals surface area contributed by atoms with Crippen LogP contribution in [-0.4, -0.2) is 17.5 Å². The van der Waals surface area contributed by atoms with E-state index in [9.17, 15) is 4.79 Å². The molecule has 5 nitrogen and oxygen atoms in total. The predicted molar refractivity (Wildman–Crippen MR) is 88.8 cm³/mol. The molecule has 1 aromatic carbocycles. The van der Waals surface area contributed by atoms with Crippen molar-refractivity contribution < 1.29 is 9.63 Å². The third kappa shape index (κ3) is 4.79. The Bertz CT molecular complexity index is 642. The Labute approximate surface area is 136 Å². The Balaban J connectivity index is 1.54. The molecule has 1 aliphatic carbocycles. The van der Waals surface area contributed by atoms with Gasteiger partial charge in [-0.15, -0.1) is 0 Å². The summed E-state index contributed by atoms with van der Waals surface area (Å²) in [6, 6.07) is 11.3. The lowest BCUT2D eigenvalue weighted by atomic mass is 10.1. The van der Waals surface area contributed by atoms with E-state index in [0.717, 1.165) is 23.6 Å². The SMILES string of the molecule is O=C(NOCCC1CC1)c1ccccc1NCc1ccncc1. The van der Waals surface area contributed by atoms with Gasteiger partial charge in [0, 0.05) is 24.6 Å². The van der Waals surface area contributed by atoms with E-state index < -0.39 is 0 Å². The van der Waals surface area contributed by atoms with Crippen LogP contribution in [0.1, 0.15) is 35.2 Å². The molecule has 1 aromatic heterocycles. The summed E-state index contributed by atoms with van der Waals surface area (Å²) in [5.74, 6) is 0.569. The zero-order chi connectivity index (χ0) is 15.9. The number of benzene rings is 1. The quantitative estimate of drug-likeness (QED) is 0.580. The minimum absolute atomic E-state index is 0.223. The number of nitrogens with one attached hydrogen (secondary N) is 2. The summed E-state index contributed by atoms with van der Waals surface area (Å²) in [7, 11) is 0. The molecule has 3 rings (SSSR count). The highest BCUT2D eigenvalue weighted by atomic mass is 16.6. The number of carbonyl (C=O) groups is 1. The number of hydroxylamine groups is 1. The van der Waals surface area contributed by atoms with Crippen molar-refractivity contribution in [1.82, 2.24) is 10.5 Å². The van der Waals surface area contributed by atoms with E-state index in [0.29, 0.717) is 18.7 Å². The summed E-state index contributed by atoms with van der Waals surface area (Å²) in [6.45, 7) is 1.21. The van der Waals surface area contributed by atoms with Crippen LogP contribution < -0.4 is 10.8 Å². The maximum atomic E-state index is 12.3. The van der Waals surface area contributed by atoms with E-state index in [1.807, 2.05) is 30.3 Å². The summed E-state index contributed by atoms with van der Waals surface area (Å²) in [4.78, 5) is 21.5. The Morgan fingerprint density at radius 2 is 1.96 bits per heavy atom. The van der Waals surface area contributed by atoms with Crippen LogP contribution in [0.3, 0.4) is 0 Å². The maximum absolute atomic E-state index is 12.3. The second-order valence-electron chi connectivity index (χ2n) is 5.77. The zero-order valence-electron chi connectivity index (χ0n) is 13.0. The molecular formula is C18H21N3O2. The van der Waals surface area contributed by atoms with Crippen LogP contribution in [0.2, 0.25) is 0 Å². The highest BCUT2D eigenvalue weighted by molar-refractivity contribution is 5.98. The second-order valence-corrected chi connectivity index (χ2v) is 5.77. The Kier molecular flexibility index (Phi) is 5.21. The minimum atomic E-state index is -0.223. The molecule has 2 aromatic rings. The fourth-order valence-electron chi connectivity index (χ4n) is 2.34. The summed E-state index contributed by atoms with van der Waals surface area (Å²) < 4.78 is 0. The topological polar surface area (TPSA) is 63.2 Å². The number of rotatable bonds is 8. The fraction of sp³-hybridized carbons (Fsp3) is 0.333. The molecular weight excluding hydrogens is 290 g/mol. The van der Waals surface area contributed by atoms with Crippen molar-refractivity contribution in [2.45, 2.75) is 25.8 Å². The molecule has 0 aliphatic heterocycles. The standard InChI is InChI=1S/C18H21N3O2/c22-18(21-23-12-9-14-5-6-14)16-3-1-2-4-17(16)20-13-15-7-10-19-11-8-15/h1-4,7-8,10-11,14,20H,5-6,9,12-13H2,(H,21,22). The molecule has 1 saturated carbocycles. The summed E-state index contributed by atoms with van der Waals surface area (Å²) >= 11 is 0. The molecule has 0 radical (unpaired) electrons. The van der Waals surface area contributed by atoms with Gasteiger partial charge >= 0.3 is 0 Å². The van der Waals surface area contributed by atoms with Crippen LogP contribution in [0.5, 0.6) is 0 Å². The molecule has 0 atom stereocenters.